The van der Waals surface area contributed by atoms with Gasteiger partial charge in [-0.15, -0.1) is 11.8 Å². The van der Waals surface area contributed by atoms with E-state index in [4.69, 9.17) is 12.2 Å². The Morgan fingerprint density at radius 2 is 1.89 bits per heavy atom. The minimum absolute atomic E-state index is 0.934. The van der Waals surface area contributed by atoms with Gasteiger partial charge in [0.1, 0.15) is 0 Å². The largest absolute Gasteiger partial charge is 0.362 e. The zero-order valence-electron chi connectivity index (χ0n) is 10.6. The van der Waals surface area contributed by atoms with Crippen molar-refractivity contribution in [1.82, 2.24) is 10.2 Å². The molecule has 1 aromatic rings. The Bertz CT molecular complexity index is 361. The summed E-state index contributed by atoms with van der Waals surface area (Å²) < 4.78 is 0. The number of thiocarbonyl (C=S) groups is 1. The Kier molecular flexibility index (Phi) is 5.81. The lowest BCUT2D eigenvalue weighted by atomic mass is 10.1. The number of benzene rings is 1. The third-order valence-electron chi connectivity index (χ3n) is 3.03. The second-order valence-electron chi connectivity index (χ2n) is 4.44. The van der Waals surface area contributed by atoms with E-state index in [1.54, 1.807) is 0 Å². The third kappa shape index (κ3) is 4.50. The van der Waals surface area contributed by atoms with Gasteiger partial charge in [-0.05, 0) is 43.6 Å². The SMILES string of the molecule is S=C(NCCSc1ccccc1)N1CCCCC1. The maximum atomic E-state index is 5.41. The van der Waals surface area contributed by atoms with E-state index in [2.05, 4.69) is 34.5 Å². The summed E-state index contributed by atoms with van der Waals surface area (Å²) in [6.07, 6.45) is 3.91. The normalized spacial score (nSPS) is 15.4. The Hall–Kier alpha value is -0.740. The van der Waals surface area contributed by atoms with Crippen LogP contribution in [-0.4, -0.2) is 35.4 Å². The summed E-state index contributed by atoms with van der Waals surface area (Å²) in [6, 6.07) is 10.5. The molecule has 0 saturated carbocycles. The van der Waals surface area contributed by atoms with Crippen LogP contribution in [0, 0.1) is 0 Å². The van der Waals surface area contributed by atoms with E-state index in [0.717, 1.165) is 30.5 Å². The third-order valence-corrected chi connectivity index (χ3v) is 4.45. The quantitative estimate of drug-likeness (QED) is 0.517. The maximum absolute atomic E-state index is 5.41. The van der Waals surface area contributed by atoms with Gasteiger partial charge in [-0.1, -0.05) is 18.2 Å². The van der Waals surface area contributed by atoms with Crippen molar-refractivity contribution in [3.63, 3.8) is 0 Å². The summed E-state index contributed by atoms with van der Waals surface area (Å²) in [5.74, 6) is 1.05. The topological polar surface area (TPSA) is 15.3 Å². The van der Waals surface area contributed by atoms with Gasteiger partial charge in [-0.25, -0.2) is 0 Å². The number of likely N-dealkylation sites (tertiary alicyclic amines) is 1. The Morgan fingerprint density at radius 1 is 1.17 bits per heavy atom. The second-order valence-corrected chi connectivity index (χ2v) is 6.00. The van der Waals surface area contributed by atoms with Crippen LogP contribution < -0.4 is 5.32 Å². The van der Waals surface area contributed by atoms with Crippen LogP contribution in [0.2, 0.25) is 0 Å². The minimum atomic E-state index is 0.934. The molecule has 18 heavy (non-hydrogen) atoms. The van der Waals surface area contributed by atoms with E-state index in [1.807, 2.05) is 17.8 Å². The molecule has 4 heteroatoms. The molecule has 1 saturated heterocycles. The molecule has 1 N–H and O–H groups in total. The van der Waals surface area contributed by atoms with Crippen LogP contribution in [-0.2, 0) is 0 Å². The van der Waals surface area contributed by atoms with E-state index >= 15 is 0 Å². The highest BCUT2D eigenvalue weighted by Gasteiger charge is 2.12. The Labute approximate surface area is 119 Å². The average molecular weight is 280 g/mol. The van der Waals surface area contributed by atoms with E-state index < -0.39 is 0 Å². The Morgan fingerprint density at radius 3 is 2.61 bits per heavy atom. The molecule has 0 aliphatic carbocycles. The van der Waals surface area contributed by atoms with Crippen LogP contribution in [0.5, 0.6) is 0 Å². The molecular formula is C14H20N2S2. The number of rotatable bonds is 4. The molecule has 1 heterocycles. The molecule has 2 nitrogen and oxygen atoms in total. The molecule has 98 valence electrons. The number of hydrogen-bond acceptors (Lipinski definition) is 2. The molecule has 1 fully saturated rings. The molecule has 1 aromatic carbocycles. The highest BCUT2D eigenvalue weighted by Crippen LogP contribution is 2.15. The van der Waals surface area contributed by atoms with Crippen molar-refractivity contribution >= 4 is 29.1 Å². The molecule has 0 radical (unpaired) electrons. The first kappa shape index (κ1) is 13.7. The number of nitrogens with one attached hydrogen (secondary N) is 1. The zero-order chi connectivity index (χ0) is 12.6. The van der Waals surface area contributed by atoms with Crippen molar-refractivity contribution in [1.29, 1.82) is 0 Å². The van der Waals surface area contributed by atoms with Gasteiger partial charge < -0.3 is 10.2 Å². The Balaban J connectivity index is 1.61. The van der Waals surface area contributed by atoms with E-state index in [0.29, 0.717) is 0 Å². The molecule has 0 bridgehead atoms. The van der Waals surface area contributed by atoms with Crippen molar-refractivity contribution in [3.8, 4) is 0 Å². The molecule has 0 amide bonds. The minimum Gasteiger partial charge on any atom is -0.362 e. The molecule has 0 aromatic heterocycles. The van der Waals surface area contributed by atoms with Crippen LogP contribution in [0.25, 0.3) is 0 Å². The highest BCUT2D eigenvalue weighted by atomic mass is 32.2. The zero-order valence-corrected chi connectivity index (χ0v) is 12.2. The van der Waals surface area contributed by atoms with Crippen LogP contribution >= 0.6 is 24.0 Å². The summed E-state index contributed by atoms with van der Waals surface area (Å²) in [4.78, 5) is 3.62. The van der Waals surface area contributed by atoms with Crippen molar-refractivity contribution in [2.75, 3.05) is 25.4 Å². The molecule has 2 rings (SSSR count). The molecule has 1 aliphatic heterocycles. The van der Waals surface area contributed by atoms with Crippen molar-refractivity contribution in [2.24, 2.45) is 0 Å². The lowest BCUT2D eigenvalue weighted by molar-refractivity contribution is 0.338. The van der Waals surface area contributed by atoms with Crippen LogP contribution in [0.15, 0.2) is 35.2 Å². The van der Waals surface area contributed by atoms with Gasteiger partial charge in [0.25, 0.3) is 0 Å². The van der Waals surface area contributed by atoms with Gasteiger partial charge in [-0.3, -0.25) is 0 Å². The molecular weight excluding hydrogens is 260 g/mol. The number of thioether (sulfide) groups is 1. The monoisotopic (exact) mass is 280 g/mol. The first-order valence-corrected chi connectivity index (χ1v) is 7.96. The van der Waals surface area contributed by atoms with Gasteiger partial charge in [0.05, 0.1) is 0 Å². The fourth-order valence-corrected chi connectivity index (χ4v) is 3.13. The number of hydrogen-bond donors (Lipinski definition) is 1. The van der Waals surface area contributed by atoms with Gasteiger partial charge in [-0.2, -0.15) is 0 Å². The van der Waals surface area contributed by atoms with Gasteiger partial charge >= 0.3 is 0 Å². The molecule has 0 spiro atoms. The summed E-state index contributed by atoms with van der Waals surface area (Å²) in [6.45, 7) is 3.18. The van der Waals surface area contributed by atoms with E-state index in [9.17, 15) is 0 Å². The molecule has 0 atom stereocenters. The van der Waals surface area contributed by atoms with Crippen molar-refractivity contribution in [2.45, 2.75) is 24.2 Å². The van der Waals surface area contributed by atoms with Crippen molar-refractivity contribution < 1.29 is 0 Å². The first-order chi connectivity index (χ1) is 8.86. The van der Waals surface area contributed by atoms with Crippen LogP contribution in [0.3, 0.4) is 0 Å². The van der Waals surface area contributed by atoms with Crippen LogP contribution in [0.4, 0.5) is 0 Å². The summed E-state index contributed by atoms with van der Waals surface area (Å²) in [5.41, 5.74) is 0. The lowest BCUT2D eigenvalue weighted by Gasteiger charge is -2.29. The van der Waals surface area contributed by atoms with E-state index in [1.165, 1.54) is 24.2 Å². The maximum Gasteiger partial charge on any atom is 0.168 e. The average Bonchev–Trinajstić information content (AvgIpc) is 2.45. The lowest BCUT2D eigenvalue weighted by Crippen LogP contribution is -2.43. The number of piperidine rings is 1. The first-order valence-electron chi connectivity index (χ1n) is 6.57. The molecule has 0 unspecified atom stereocenters. The van der Waals surface area contributed by atoms with Crippen molar-refractivity contribution in [3.05, 3.63) is 30.3 Å². The van der Waals surface area contributed by atoms with Gasteiger partial charge in [0.15, 0.2) is 5.11 Å². The summed E-state index contributed by atoms with van der Waals surface area (Å²) in [5, 5.41) is 4.29. The predicted octanol–water partition coefficient (Wildman–Crippen LogP) is 3.14. The summed E-state index contributed by atoms with van der Waals surface area (Å²) >= 11 is 7.28. The molecule has 1 aliphatic rings. The van der Waals surface area contributed by atoms with Gasteiger partial charge in [0.2, 0.25) is 0 Å². The number of nitrogens with zero attached hydrogens (tertiary/aromatic N) is 1. The predicted molar refractivity (Wildman–Crippen MR) is 83.2 cm³/mol. The van der Waals surface area contributed by atoms with E-state index in [-0.39, 0.29) is 0 Å². The smallest absolute Gasteiger partial charge is 0.168 e. The second kappa shape index (κ2) is 7.64. The van der Waals surface area contributed by atoms with Crippen LogP contribution in [0.1, 0.15) is 19.3 Å². The standard InChI is InChI=1S/C14H20N2S2/c17-14(16-10-5-2-6-11-16)15-9-12-18-13-7-3-1-4-8-13/h1,3-4,7-8H,2,5-6,9-12H2,(H,15,17). The van der Waals surface area contributed by atoms with Gasteiger partial charge in [0, 0.05) is 30.3 Å². The summed E-state index contributed by atoms with van der Waals surface area (Å²) in [7, 11) is 0. The fourth-order valence-electron chi connectivity index (χ4n) is 2.05. The highest BCUT2D eigenvalue weighted by molar-refractivity contribution is 7.99. The fraction of sp³-hybridized carbons (Fsp3) is 0.500.